The lowest BCUT2D eigenvalue weighted by molar-refractivity contribution is 0.0592. The Bertz CT molecular complexity index is 534. The molecule has 0 spiro atoms. The number of carbonyl (C=O) groups excluding carboxylic acids is 2. The van der Waals surface area contributed by atoms with Crippen LogP contribution in [0.5, 0.6) is 5.75 Å². The lowest BCUT2D eigenvalue weighted by atomic mass is 10.1. The maximum absolute atomic E-state index is 12.1. The van der Waals surface area contributed by atoms with Gasteiger partial charge in [0.05, 0.1) is 31.4 Å². The summed E-state index contributed by atoms with van der Waals surface area (Å²) in [6.07, 6.45) is 0. The van der Waals surface area contributed by atoms with Gasteiger partial charge >= 0.3 is 5.97 Å². The summed E-state index contributed by atoms with van der Waals surface area (Å²) >= 11 is 0. The monoisotopic (exact) mass is 262 g/mol. The summed E-state index contributed by atoms with van der Waals surface area (Å²) in [6.45, 7) is -0.0640. The first-order chi connectivity index (χ1) is 9.04. The maximum atomic E-state index is 12.1. The van der Waals surface area contributed by atoms with E-state index in [-0.39, 0.29) is 17.7 Å². The maximum Gasteiger partial charge on any atom is 0.338 e. The van der Waals surface area contributed by atoms with Gasteiger partial charge in [-0.2, -0.15) is 5.26 Å². The SMILES string of the molecule is COC(=O)c1cc(OC)ccc1C(=O)N(C)CC#N. The van der Waals surface area contributed by atoms with Crippen molar-refractivity contribution in [3.05, 3.63) is 29.3 Å². The van der Waals surface area contributed by atoms with E-state index in [1.54, 1.807) is 6.07 Å². The van der Waals surface area contributed by atoms with Crippen LogP contribution in [0.1, 0.15) is 20.7 Å². The molecule has 0 saturated heterocycles. The van der Waals surface area contributed by atoms with Gasteiger partial charge in [-0.25, -0.2) is 4.79 Å². The number of nitrogens with zero attached hydrogens (tertiary/aromatic N) is 2. The Morgan fingerprint density at radius 2 is 2.00 bits per heavy atom. The molecule has 19 heavy (non-hydrogen) atoms. The predicted molar refractivity (Wildman–Crippen MR) is 66.9 cm³/mol. The van der Waals surface area contributed by atoms with Gasteiger partial charge in [0.2, 0.25) is 0 Å². The van der Waals surface area contributed by atoms with Gasteiger partial charge in [-0.1, -0.05) is 0 Å². The highest BCUT2D eigenvalue weighted by atomic mass is 16.5. The topological polar surface area (TPSA) is 79.6 Å². The summed E-state index contributed by atoms with van der Waals surface area (Å²) in [5, 5.41) is 8.58. The van der Waals surface area contributed by atoms with E-state index in [4.69, 9.17) is 10.00 Å². The lowest BCUT2D eigenvalue weighted by Gasteiger charge is -2.15. The molecule has 1 aromatic rings. The number of amides is 1. The zero-order valence-electron chi connectivity index (χ0n) is 11.0. The van der Waals surface area contributed by atoms with E-state index in [2.05, 4.69) is 4.74 Å². The molecule has 0 aromatic heterocycles. The quantitative estimate of drug-likeness (QED) is 0.599. The van der Waals surface area contributed by atoms with Crippen molar-refractivity contribution >= 4 is 11.9 Å². The number of methoxy groups -OCH3 is 2. The van der Waals surface area contributed by atoms with Gasteiger partial charge in [0.15, 0.2) is 0 Å². The van der Waals surface area contributed by atoms with Gasteiger partial charge < -0.3 is 14.4 Å². The molecule has 0 atom stereocenters. The highest BCUT2D eigenvalue weighted by molar-refractivity contribution is 6.05. The largest absolute Gasteiger partial charge is 0.497 e. The number of carbonyl (C=O) groups is 2. The molecule has 1 rings (SSSR count). The second-order valence-electron chi connectivity index (χ2n) is 3.72. The molecular weight excluding hydrogens is 248 g/mol. The highest BCUT2D eigenvalue weighted by Crippen LogP contribution is 2.19. The number of ether oxygens (including phenoxy) is 2. The third kappa shape index (κ3) is 3.22. The Labute approximate surface area is 111 Å². The van der Waals surface area contributed by atoms with Crippen LogP contribution in [0.15, 0.2) is 18.2 Å². The number of hydrogen-bond donors (Lipinski definition) is 0. The van der Waals surface area contributed by atoms with E-state index in [1.807, 2.05) is 6.07 Å². The van der Waals surface area contributed by atoms with Crippen molar-refractivity contribution in [3.8, 4) is 11.8 Å². The molecule has 6 heteroatoms. The number of hydrogen-bond acceptors (Lipinski definition) is 5. The third-order valence-electron chi connectivity index (χ3n) is 2.52. The lowest BCUT2D eigenvalue weighted by Crippen LogP contribution is -2.28. The van der Waals surface area contributed by atoms with Crippen LogP contribution in [-0.2, 0) is 4.74 Å². The van der Waals surface area contributed by atoms with Crippen LogP contribution in [0.4, 0.5) is 0 Å². The standard InChI is InChI=1S/C13H14N2O4/c1-15(7-6-14)12(16)10-5-4-9(18-2)8-11(10)13(17)19-3/h4-5,8H,7H2,1-3H3. The van der Waals surface area contributed by atoms with Crippen LogP contribution in [0.25, 0.3) is 0 Å². The molecule has 0 radical (unpaired) electrons. The van der Waals surface area contributed by atoms with Crippen molar-refractivity contribution in [2.24, 2.45) is 0 Å². The number of benzene rings is 1. The minimum Gasteiger partial charge on any atom is -0.497 e. The second kappa shape index (κ2) is 6.40. The fourth-order valence-electron chi connectivity index (χ4n) is 1.50. The average Bonchev–Trinajstić information content (AvgIpc) is 2.45. The van der Waals surface area contributed by atoms with Crippen molar-refractivity contribution in [2.75, 3.05) is 27.8 Å². The summed E-state index contributed by atoms with van der Waals surface area (Å²) < 4.78 is 9.64. The van der Waals surface area contributed by atoms with E-state index in [9.17, 15) is 9.59 Å². The van der Waals surface area contributed by atoms with Gasteiger partial charge in [0.25, 0.3) is 5.91 Å². The summed E-state index contributed by atoms with van der Waals surface area (Å²) in [7, 11) is 4.17. The van der Waals surface area contributed by atoms with Gasteiger partial charge in [-0.15, -0.1) is 0 Å². The van der Waals surface area contributed by atoms with E-state index >= 15 is 0 Å². The summed E-state index contributed by atoms with van der Waals surface area (Å²) in [4.78, 5) is 25.0. The van der Waals surface area contributed by atoms with Gasteiger partial charge in [-0.05, 0) is 18.2 Å². The van der Waals surface area contributed by atoms with Crippen molar-refractivity contribution < 1.29 is 19.1 Å². The molecule has 0 aliphatic rings. The molecule has 1 aromatic carbocycles. The molecule has 100 valence electrons. The number of rotatable bonds is 4. The molecule has 0 unspecified atom stereocenters. The molecule has 1 amide bonds. The zero-order chi connectivity index (χ0) is 14.4. The van der Waals surface area contributed by atoms with E-state index in [0.29, 0.717) is 5.75 Å². The molecule has 0 saturated carbocycles. The van der Waals surface area contributed by atoms with E-state index < -0.39 is 11.9 Å². The fourth-order valence-corrected chi connectivity index (χ4v) is 1.50. The van der Waals surface area contributed by atoms with Gasteiger partial charge in [0.1, 0.15) is 12.3 Å². The third-order valence-corrected chi connectivity index (χ3v) is 2.52. The van der Waals surface area contributed by atoms with Crippen LogP contribution in [-0.4, -0.2) is 44.6 Å². The fraction of sp³-hybridized carbons (Fsp3) is 0.308. The average molecular weight is 262 g/mol. The molecule has 0 heterocycles. The van der Waals surface area contributed by atoms with Crippen molar-refractivity contribution in [1.29, 1.82) is 5.26 Å². The van der Waals surface area contributed by atoms with Crippen LogP contribution in [0, 0.1) is 11.3 Å². The zero-order valence-corrected chi connectivity index (χ0v) is 11.0. The molecule has 6 nitrogen and oxygen atoms in total. The van der Waals surface area contributed by atoms with Crippen LogP contribution in [0.3, 0.4) is 0 Å². The first kappa shape index (κ1) is 14.5. The van der Waals surface area contributed by atoms with E-state index in [1.165, 1.54) is 38.3 Å². The summed E-state index contributed by atoms with van der Waals surface area (Å²) in [6, 6.07) is 6.34. The minimum atomic E-state index is -0.632. The minimum absolute atomic E-state index is 0.0640. The first-order valence-corrected chi connectivity index (χ1v) is 5.44. The van der Waals surface area contributed by atoms with Gasteiger partial charge in [-0.3, -0.25) is 4.79 Å². The molecule has 0 fully saturated rings. The highest BCUT2D eigenvalue weighted by Gasteiger charge is 2.21. The van der Waals surface area contributed by atoms with Crippen LogP contribution in [0.2, 0.25) is 0 Å². The Hall–Kier alpha value is -2.55. The molecule has 0 aliphatic carbocycles. The molecular formula is C13H14N2O4. The van der Waals surface area contributed by atoms with Crippen molar-refractivity contribution in [3.63, 3.8) is 0 Å². The second-order valence-corrected chi connectivity index (χ2v) is 3.72. The van der Waals surface area contributed by atoms with E-state index in [0.717, 1.165) is 0 Å². The molecule has 0 N–H and O–H groups in total. The molecule has 0 bridgehead atoms. The summed E-state index contributed by atoms with van der Waals surface area (Å²) in [5.74, 6) is -0.614. The van der Waals surface area contributed by atoms with Gasteiger partial charge in [0, 0.05) is 7.05 Å². The van der Waals surface area contributed by atoms with Crippen molar-refractivity contribution in [1.82, 2.24) is 4.90 Å². The normalized spacial score (nSPS) is 9.37. The van der Waals surface area contributed by atoms with Crippen LogP contribution < -0.4 is 4.74 Å². The smallest absolute Gasteiger partial charge is 0.338 e. The Morgan fingerprint density at radius 1 is 1.32 bits per heavy atom. The number of esters is 1. The van der Waals surface area contributed by atoms with Crippen LogP contribution >= 0.6 is 0 Å². The number of nitriles is 1. The van der Waals surface area contributed by atoms with Crippen molar-refractivity contribution in [2.45, 2.75) is 0 Å². The molecule has 0 aliphatic heterocycles. The summed E-state index contributed by atoms with van der Waals surface area (Å²) in [5.41, 5.74) is 0.280. The Kier molecular flexibility index (Phi) is 4.89. The first-order valence-electron chi connectivity index (χ1n) is 5.44. The Morgan fingerprint density at radius 3 is 2.53 bits per heavy atom. The Balaban J connectivity index is 3.23. The predicted octanol–water partition coefficient (Wildman–Crippen LogP) is 1.08.